The molecule has 0 bridgehead atoms. The fourth-order valence-electron chi connectivity index (χ4n) is 7.99. The number of likely N-dealkylation sites (tertiary alicyclic amines) is 1. The Labute approximate surface area is 387 Å². The molecule has 1 aliphatic rings. The van der Waals surface area contributed by atoms with Crippen molar-refractivity contribution in [3.05, 3.63) is 52.0 Å². The Morgan fingerprint density at radius 2 is 1.66 bits per heavy atom. The molecule has 3 rings (SSSR count). The molecule has 8 atom stereocenters. The van der Waals surface area contributed by atoms with Crippen LogP contribution in [0.25, 0.3) is 0 Å². The van der Waals surface area contributed by atoms with Crippen LogP contribution in [0.15, 0.2) is 35.7 Å². The highest BCUT2D eigenvalue weighted by atomic mass is 32.1. The van der Waals surface area contributed by atoms with Crippen molar-refractivity contribution in [2.24, 2.45) is 17.8 Å². The summed E-state index contributed by atoms with van der Waals surface area (Å²) in [5, 5.41) is 11.4. The third-order valence-electron chi connectivity index (χ3n) is 11.7. The molecule has 0 spiro atoms. The van der Waals surface area contributed by atoms with E-state index in [9.17, 15) is 24.0 Å². The van der Waals surface area contributed by atoms with E-state index < -0.39 is 47.9 Å². The Balaban J connectivity index is 1.81. The molecule has 14 nitrogen and oxygen atoms in total. The van der Waals surface area contributed by atoms with Gasteiger partial charge in [0.25, 0.3) is 5.91 Å². The Kier molecular flexibility index (Phi) is 22.7. The summed E-state index contributed by atoms with van der Waals surface area (Å²) in [4.78, 5) is 76.8. The fraction of sp³-hybridized carbons (Fsp3) is 0.714. The first-order valence-electron chi connectivity index (χ1n) is 23.7. The maximum absolute atomic E-state index is 14.7. The van der Waals surface area contributed by atoms with Crippen molar-refractivity contribution >= 4 is 41.1 Å². The van der Waals surface area contributed by atoms with Gasteiger partial charge in [0.15, 0.2) is 0 Å². The van der Waals surface area contributed by atoms with E-state index in [1.165, 1.54) is 11.3 Å². The number of carbonyl (C=O) groups is 5. The summed E-state index contributed by atoms with van der Waals surface area (Å²) in [6.45, 7) is 23.1. The molecule has 64 heavy (non-hydrogen) atoms. The van der Waals surface area contributed by atoms with E-state index in [4.69, 9.17) is 19.2 Å². The van der Waals surface area contributed by atoms with Crippen molar-refractivity contribution < 1.29 is 38.2 Å². The standard InChI is InChI=1S/C49H80N6O8S/c1-13-24-55(46(58)42(33(6)15-3)53-44(57)39-23-19-20-25-54(39)12)40(32(4)5)29-41(61-26-14-2)45-52-38(31-64-45)43(56)51-37(28-36-21-17-16-18-22-36)27-34(7)47(59)62-35(8)30-50-48(60)63-49(9,10)11/h16-18,21-22,31-35,37,39-42H,13-15,19-20,23-30H2,1-12H3,(H,50,60)(H,51,56)(H,53,57)/t33-,34-,35?,37+,39+,40+,41+,42-/m0/s1. The molecule has 1 fully saturated rings. The number of rotatable bonds is 25. The Bertz CT molecular complexity index is 1750. The summed E-state index contributed by atoms with van der Waals surface area (Å²) < 4.78 is 17.4. The van der Waals surface area contributed by atoms with Gasteiger partial charge in [0.1, 0.15) is 34.6 Å². The second-order valence-electron chi connectivity index (χ2n) is 19.0. The van der Waals surface area contributed by atoms with E-state index in [1.807, 2.05) is 56.1 Å². The number of esters is 1. The molecule has 2 heterocycles. The van der Waals surface area contributed by atoms with Crippen LogP contribution in [0.2, 0.25) is 0 Å². The second kappa shape index (κ2) is 26.8. The van der Waals surface area contributed by atoms with Gasteiger partial charge in [0, 0.05) is 37.0 Å². The zero-order chi connectivity index (χ0) is 47.6. The van der Waals surface area contributed by atoms with E-state index in [-0.39, 0.29) is 53.9 Å². The van der Waals surface area contributed by atoms with Crippen LogP contribution in [0, 0.1) is 17.8 Å². The zero-order valence-corrected chi connectivity index (χ0v) is 41.7. The first kappa shape index (κ1) is 54.3. The number of aromatic nitrogens is 1. The van der Waals surface area contributed by atoms with Crippen LogP contribution in [-0.4, -0.2) is 114 Å². The summed E-state index contributed by atoms with van der Waals surface area (Å²) >= 11 is 1.35. The quantitative estimate of drug-likeness (QED) is 0.0828. The van der Waals surface area contributed by atoms with E-state index >= 15 is 0 Å². The van der Waals surface area contributed by atoms with E-state index in [1.54, 1.807) is 40.0 Å². The molecule has 1 aliphatic heterocycles. The predicted octanol–water partition coefficient (Wildman–Crippen LogP) is 8.10. The smallest absolute Gasteiger partial charge is 0.407 e. The normalized spacial score (nSPS) is 17.9. The summed E-state index contributed by atoms with van der Waals surface area (Å²) in [6, 6.07) is 8.19. The van der Waals surface area contributed by atoms with Crippen molar-refractivity contribution in [1.29, 1.82) is 0 Å². The molecule has 360 valence electrons. The number of thiazole rings is 1. The monoisotopic (exact) mass is 913 g/mol. The van der Waals surface area contributed by atoms with Crippen molar-refractivity contribution in [2.75, 3.05) is 33.3 Å². The van der Waals surface area contributed by atoms with Gasteiger partial charge in [-0.3, -0.25) is 24.1 Å². The Hall–Kier alpha value is -4.08. The van der Waals surface area contributed by atoms with Gasteiger partial charge >= 0.3 is 12.1 Å². The number of hydrogen-bond acceptors (Lipinski definition) is 11. The first-order chi connectivity index (χ1) is 30.3. The lowest BCUT2D eigenvalue weighted by Gasteiger charge is -2.40. The van der Waals surface area contributed by atoms with Gasteiger partial charge in [-0.1, -0.05) is 91.6 Å². The number of ether oxygens (including phenoxy) is 3. The summed E-state index contributed by atoms with van der Waals surface area (Å²) in [5.74, 6) is -1.56. The van der Waals surface area contributed by atoms with Gasteiger partial charge in [-0.05, 0) is 97.2 Å². The van der Waals surface area contributed by atoms with E-state index in [0.717, 1.165) is 50.6 Å². The maximum atomic E-state index is 14.7. The molecule has 2 aromatic rings. The number of nitrogens with one attached hydrogen (secondary N) is 3. The highest BCUT2D eigenvalue weighted by molar-refractivity contribution is 7.09. The zero-order valence-electron chi connectivity index (χ0n) is 40.9. The number of hydrogen-bond donors (Lipinski definition) is 3. The van der Waals surface area contributed by atoms with E-state index in [0.29, 0.717) is 37.4 Å². The molecule has 15 heteroatoms. The number of alkyl carbamates (subject to hydrolysis) is 1. The third kappa shape index (κ3) is 17.7. The Morgan fingerprint density at radius 1 is 0.953 bits per heavy atom. The fourth-order valence-corrected chi connectivity index (χ4v) is 8.85. The third-order valence-corrected chi connectivity index (χ3v) is 12.7. The predicted molar refractivity (Wildman–Crippen MR) is 253 cm³/mol. The van der Waals surface area contributed by atoms with Gasteiger partial charge in [0.05, 0.1) is 18.5 Å². The second-order valence-corrected chi connectivity index (χ2v) is 19.9. The number of carbonyl (C=O) groups excluding carboxylic acids is 5. The number of nitrogens with zero attached hydrogens (tertiary/aromatic N) is 3. The van der Waals surface area contributed by atoms with Gasteiger partial charge in [-0.25, -0.2) is 9.78 Å². The lowest BCUT2D eigenvalue weighted by molar-refractivity contribution is -0.152. The van der Waals surface area contributed by atoms with Crippen LogP contribution in [0.5, 0.6) is 0 Å². The minimum atomic E-state index is -0.663. The SMILES string of the molecule is CCCO[C@H](C[C@H](C(C)C)N(CCC)C(=O)[C@@H](NC(=O)[C@H]1CCCCN1C)[C@@H](C)CC)c1nc(C(=O)N[C@@H](Cc2ccccc2)C[C@H](C)C(=O)OC(C)CNC(=O)OC(C)(C)C)cs1. The number of benzene rings is 1. The molecule has 0 saturated carbocycles. The summed E-state index contributed by atoms with van der Waals surface area (Å²) in [5.41, 5.74) is 0.591. The van der Waals surface area contributed by atoms with Gasteiger partial charge < -0.3 is 35.1 Å². The van der Waals surface area contributed by atoms with Crippen molar-refractivity contribution in [3.8, 4) is 0 Å². The van der Waals surface area contributed by atoms with Crippen LogP contribution in [-0.2, 0) is 35.0 Å². The van der Waals surface area contributed by atoms with Crippen LogP contribution < -0.4 is 16.0 Å². The number of piperidine rings is 1. The highest BCUT2D eigenvalue weighted by Gasteiger charge is 2.38. The average Bonchev–Trinajstić information content (AvgIpc) is 3.74. The first-order valence-corrected chi connectivity index (χ1v) is 24.6. The molecule has 1 unspecified atom stereocenters. The van der Waals surface area contributed by atoms with Gasteiger partial charge in [-0.2, -0.15) is 0 Å². The van der Waals surface area contributed by atoms with Crippen LogP contribution in [0.1, 0.15) is 155 Å². The van der Waals surface area contributed by atoms with Crippen LogP contribution in [0.4, 0.5) is 4.79 Å². The van der Waals surface area contributed by atoms with Gasteiger partial charge in [0.2, 0.25) is 11.8 Å². The molecule has 0 aliphatic carbocycles. The minimum absolute atomic E-state index is 0.0559. The van der Waals surface area contributed by atoms with Crippen LogP contribution >= 0.6 is 11.3 Å². The molecule has 1 saturated heterocycles. The molecular weight excluding hydrogens is 833 g/mol. The minimum Gasteiger partial charge on any atom is -0.461 e. The Morgan fingerprint density at radius 3 is 2.27 bits per heavy atom. The topological polar surface area (TPSA) is 168 Å². The molecule has 1 aromatic heterocycles. The average molecular weight is 913 g/mol. The van der Waals surface area contributed by atoms with Crippen molar-refractivity contribution in [2.45, 2.75) is 176 Å². The molecule has 1 aromatic carbocycles. The largest absolute Gasteiger partial charge is 0.461 e. The number of amides is 4. The summed E-state index contributed by atoms with van der Waals surface area (Å²) in [6.07, 6.45) is 4.66. The molecule has 0 radical (unpaired) electrons. The number of likely N-dealkylation sites (N-methyl/N-ethyl adjacent to an activating group) is 1. The van der Waals surface area contributed by atoms with E-state index in [2.05, 4.69) is 48.5 Å². The highest BCUT2D eigenvalue weighted by Crippen LogP contribution is 2.32. The molecular formula is C49H80N6O8S. The molecule has 3 N–H and O–H groups in total. The van der Waals surface area contributed by atoms with Crippen molar-refractivity contribution in [1.82, 2.24) is 30.7 Å². The lowest BCUT2D eigenvalue weighted by atomic mass is 9.92. The molecule has 4 amide bonds. The lowest BCUT2D eigenvalue weighted by Crippen LogP contribution is -2.58. The maximum Gasteiger partial charge on any atom is 0.407 e. The van der Waals surface area contributed by atoms with Crippen LogP contribution in [0.3, 0.4) is 0 Å². The summed E-state index contributed by atoms with van der Waals surface area (Å²) in [7, 11) is 1.98. The van der Waals surface area contributed by atoms with Crippen molar-refractivity contribution in [3.63, 3.8) is 0 Å². The van der Waals surface area contributed by atoms with Gasteiger partial charge in [-0.15, -0.1) is 11.3 Å².